The summed E-state index contributed by atoms with van der Waals surface area (Å²) in [4.78, 5) is 0. The van der Waals surface area contributed by atoms with E-state index in [-0.39, 0.29) is 0 Å². The third-order valence-electron chi connectivity index (χ3n) is 4.75. The fourth-order valence-corrected chi connectivity index (χ4v) is 3.98. The van der Waals surface area contributed by atoms with E-state index in [2.05, 4.69) is 82.8 Å². The predicted octanol–water partition coefficient (Wildman–Crippen LogP) is 5.58. The first kappa shape index (κ1) is 13.1. The molecule has 2 aromatic rings. The van der Waals surface area contributed by atoms with Gasteiger partial charge in [-0.2, -0.15) is 0 Å². The van der Waals surface area contributed by atoms with Crippen LogP contribution in [-0.4, -0.2) is 0 Å². The molecule has 2 aliphatic rings. The van der Waals surface area contributed by atoms with E-state index in [4.69, 9.17) is 0 Å². The summed E-state index contributed by atoms with van der Waals surface area (Å²) in [6.07, 6.45) is 5.90. The molecule has 21 heavy (non-hydrogen) atoms. The van der Waals surface area contributed by atoms with E-state index in [9.17, 15) is 0 Å². The van der Waals surface area contributed by atoms with Gasteiger partial charge in [0, 0.05) is 16.1 Å². The molecular weight excluding hydrogens is 322 g/mol. The summed E-state index contributed by atoms with van der Waals surface area (Å²) in [5.41, 5.74) is 5.48. The number of anilines is 1. The van der Waals surface area contributed by atoms with Gasteiger partial charge in [0.1, 0.15) is 0 Å². The smallest absolute Gasteiger partial charge is 0.0553 e. The van der Waals surface area contributed by atoms with Gasteiger partial charge in [-0.05, 0) is 48.6 Å². The molecule has 0 radical (unpaired) electrons. The zero-order valence-corrected chi connectivity index (χ0v) is 13.6. The standard InChI is InChI=1S/C19H18BrN/c1-12-5-10-18-17(11-12)15-3-2-4-16(15)19(21-18)13-6-8-14(20)9-7-13/h2-3,5-11,15-16,19,21H,4H2,1H3/t15-,16+,19-/m0/s1. The lowest BCUT2D eigenvalue weighted by Crippen LogP contribution is -2.29. The van der Waals surface area contributed by atoms with Crippen molar-refractivity contribution in [2.75, 3.05) is 5.32 Å². The van der Waals surface area contributed by atoms with Crippen LogP contribution >= 0.6 is 15.9 Å². The summed E-state index contributed by atoms with van der Waals surface area (Å²) >= 11 is 3.53. The number of benzene rings is 2. The second kappa shape index (κ2) is 5.03. The molecule has 2 heteroatoms. The molecule has 1 aliphatic heterocycles. The second-order valence-corrected chi connectivity index (χ2v) is 7.03. The van der Waals surface area contributed by atoms with Gasteiger partial charge < -0.3 is 5.32 Å². The van der Waals surface area contributed by atoms with E-state index >= 15 is 0 Å². The lowest BCUT2D eigenvalue weighted by atomic mass is 9.77. The Bertz CT molecular complexity index is 702. The number of nitrogens with one attached hydrogen (secondary N) is 1. The molecule has 1 aliphatic carbocycles. The maximum atomic E-state index is 3.78. The monoisotopic (exact) mass is 339 g/mol. The van der Waals surface area contributed by atoms with E-state index in [1.165, 1.54) is 22.4 Å². The van der Waals surface area contributed by atoms with Crippen LogP contribution in [0, 0.1) is 12.8 Å². The van der Waals surface area contributed by atoms with E-state index in [0.29, 0.717) is 17.9 Å². The van der Waals surface area contributed by atoms with Gasteiger partial charge in [0.05, 0.1) is 6.04 Å². The third-order valence-corrected chi connectivity index (χ3v) is 5.28. The molecule has 0 spiro atoms. The minimum Gasteiger partial charge on any atom is -0.378 e. The molecular formula is C19H18BrN. The van der Waals surface area contributed by atoms with E-state index in [1.54, 1.807) is 0 Å². The largest absolute Gasteiger partial charge is 0.378 e. The van der Waals surface area contributed by atoms with Crippen molar-refractivity contribution >= 4 is 21.6 Å². The number of fused-ring (bicyclic) bond motifs is 3. The van der Waals surface area contributed by atoms with Crippen LogP contribution in [0.25, 0.3) is 0 Å². The minimum absolute atomic E-state index is 0.397. The fraction of sp³-hybridized carbons (Fsp3) is 0.263. The van der Waals surface area contributed by atoms with Crippen LogP contribution in [-0.2, 0) is 0 Å². The summed E-state index contributed by atoms with van der Waals surface area (Å²) < 4.78 is 1.14. The Balaban J connectivity index is 1.78. The highest BCUT2D eigenvalue weighted by Crippen LogP contribution is 2.49. The molecule has 0 saturated carbocycles. The zero-order chi connectivity index (χ0) is 14.4. The van der Waals surface area contributed by atoms with Crippen molar-refractivity contribution in [1.82, 2.24) is 0 Å². The average Bonchev–Trinajstić information content (AvgIpc) is 2.97. The van der Waals surface area contributed by atoms with Crippen molar-refractivity contribution < 1.29 is 0 Å². The van der Waals surface area contributed by atoms with Gasteiger partial charge in [0.2, 0.25) is 0 Å². The highest BCUT2D eigenvalue weighted by atomic mass is 79.9. The van der Waals surface area contributed by atoms with Gasteiger partial charge in [-0.15, -0.1) is 0 Å². The number of rotatable bonds is 1. The number of hydrogen-bond acceptors (Lipinski definition) is 1. The molecule has 0 fully saturated rings. The fourth-order valence-electron chi connectivity index (χ4n) is 3.71. The van der Waals surface area contributed by atoms with Crippen molar-refractivity contribution in [3.05, 3.63) is 75.8 Å². The molecule has 1 nitrogen and oxygen atoms in total. The Kier molecular flexibility index (Phi) is 3.15. The summed E-state index contributed by atoms with van der Waals surface area (Å²) in [5.74, 6) is 1.18. The summed E-state index contributed by atoms with van der Waals surface area (Å²) in [7, 11) is 0. The Labute approximate surface area is 134 Å². The van der Waals surface area contributed by atoms with Gasteiger partial charge in [-0.1, -0.05) is 57.9 Å². The van der Waals surface area contributed by atoms with E-state index in [0.717, 1.165) is 10.9 Å². The zero-order valence-electron chi connectivity index (χ0n) is 12.0. The molecule has 0 amide bonds. The van der Waals surface area contributed by atoms with E-state index in [1.807, 2.05) is 0 Å². The molecule has 0 bridgehead atoms. The number of allylic oxidation sites excluding steroid dienone is 2. The topological polar surface area (TPSA) is 12.0 Å². The Morgan fingerprint density at radius 1 is 1.10 bits per heavy atom. The first-order chi connectivity index (χ1) is 10.2. The number of hydrogen-bond donors (Lipinski definition) is 1. The Hall–Kier alpha value is -1.54. The molecule has 2 aromatic carbocycles. The molecule has 4 rings (SSSR count). The van der Waals surface area contributed by atoms with Crippen LogP contribution in [0.2, 0.25) is 0 Å². The lowest BCUT2D eigenvalue weighted by Gasteiger charge is -2.37. The van der Waals surface area contributed by atoms with Gasteiger partial charge in [0.15, 0.2) is 0 Å². The molecule has 1 heterocycles. The number of halogens is 1. The lowest BCUT2D eigenvalue weighted by molar-refractivity contribution is 0.425. The molecule has 0 unspecified atom stereocenters. The maximum Gasteiger partial charge on any atom is 0.0553 e. The van der Waals surface area contributed by atoms with Crippen LogP contribution in [0.3, 0.4) is 0 Å². The normalized spacial score (nSPS) is 26.1. The summed E-state index contributed by atoms with van der Waals surface area (Å²) in [5, 5.41) is 3.78. The number of aryl methyl sites for hydroxylation is 1. The van der Waals surface area contributed by atoms with Crippen LogP contribution in [0.5, 0.6) is 0 Å². The van der Waals surface area contributed by atoms with Crippen molar-refractivity contribution in [3.63, 3.8) is 0 Å². The van der Waals surface area contributed by atoms with Crippen LogP contribution < -0.4 is 5.32 Å². The average molecular weight is 340 g/mol. The summed E-state index contributed by atoms with van der Waals surface area (Å²) in [6.45, 7) is 2.18. The molecule has 106 valence electrons. The van der Waals surface area contributed by atoms with Gasteiger partial charge in [0.25, 0.3) is 0 Å². The van der Waals surface area contributed by atoms with E-state index < -0.39 is 0 Å². The Morgan fingerprint density at radius 2 is 1.90 bits per heavy atom. The highest BCUT2D eigenvalue weighted by molar-refractivity contribution is 9.10. The first-order valence-electron chi connectivity index (χ1n) is 7.51. The van der Waals surface area contributed by atoms with Crippen LogP contribution in [0.1, 0.15) is 35.1 Å². The van der Waals surface area contributed by atoms with Crippen molar-refractivity contribution in [1.29, 1.82) is 0 Å². The minimum atomic E-state index is 0.397. The van der Waals surface area contributed by atoms with Crippen LogP contribution in [0.4, 0.5) is 5.69 Å². The van der Waals surface area contributed by atoms with Crippen molar-refractivity contribution in [2.45, 2.75) is 25.3 Å². The first-order valence-corrected chi connectivity index (χ1v) is 8.31. The SMILES string of the molecule is Cc1ccc2c(c1)[C@H]1C=CC[C@H]1[C@H](c1ccc(Br)cc1)N2. The Morgan fingerprint density at radius 3 is 2.71 bits per heavy atom. The third kappa shape index (κ3) is 2.22. The maximum absolute atomic E-state index is 3.78. The van der Waals surface area contributed by atoms with Gasteiger partial charge in [-0.25, -0.2) is 0 Å². The van der Waals surface area contributed by atoms with Gasteiger partial charge in [-0.3, -0.25) is 0 Å². The molecule has 3 atom stereocenters. The molecule has 1 N–H and O–H groups in total. The van der Waals surface area contributed by atoms with Gasteiger partial charge >= 0.3 is 0 Å². The highest BCUT2D eigenvalue weighted by Gasteiger charge is 2.37. The van der Waals surface area contributed by atoms with Crippen LogP contribution in [0.15, 0.2) is 59.1 Å². The van der Waals surface area contributed by atoms with Crippen molar-refractivity contribution in [3.8, 4) is 0 Å². The molecule has 0 saturated heterocycles. The quantitative estimate of drug-likeness (QED) is 0.668. The second-order valence-electron chi connectivity index (χ2n) is 6.12. The van der Waals surface area contributed by atoms with Crippen molar-refractivity contribution in [2.24, 2.45) is 5.92 Å². The summed E-state index contributed by atoms with van der Waals surface area (Å²) in [6, 6.07) is 15.9. The predicted molar refractivity (Wildman–Crippen MR) is 91.7 cm³/mol. The molecule has 0 aromatic heterocycles.